The van der Waals surface area contributed by atoms with Gasteiger partial charge in [-0.05, 0) is 48.0 Å². The van der Waals surface area contributed by atoms with Crippen LogP contribution in [-0.2, 0) is 18.9 Å². The molecule has 1 aliphatic rings. The van der Waals surface area contributed by atoms with Crippen molar-refractivity contribution < 1.29 is 89.5 Å². The summed E-state index contributed by atoms with van der Waals surface area (Å²) in [7, 11) is 0. The lowest BCUT2D eigenvalue weighted by molar-refractivity contribution is -0.306. The van der Waals surface area contributed by atoms with E-state index in [1.807, 2.05) is 0 Å². The molecule has 0 saturated carbocycles. The second kappa shape index (κ2) is 12.4. The Morgan fingerprint density at radius 3 is 1.43 bits per heavy atom. The normalized spacial score (nSPS) is 22.5. The third-order valence-electron chi connectivity index (χ3n) is 6.46. The lowest BCUT2D eigenvalue weighted by Crippen LogP contribution is -2.65. The molecule has 3 aromatic carbocycles. The third kappa shape index (κ3) is 6.44. The average molecular weight is 671 g/mol. The quantitative estimate of drug-likeness (QED) is 0.0696. The van der Waals surface area contributed by atoms with E-state index in [2.05, 4.69) is 0 Å². The van der Waals surface area contributed by atoms with E-state index in [4.69, 9.17) is 30.5 Å². The fraction of sp³-hybridized carbons (Fsp3) is 0.222. The van der Waals surface area contributed by atoms with Gasteiger partial charge >= 0.3 is 23.2 Å². The van der Waals surface area contributed by atoms with E-state index in [0.717, 1.165) is 0 Å². The summed E-state index contributed by atoms with van der Waals surface area (Å²) in [6.45, 7) is -1.02. The van der Waals surface area contributed by atoms with Crippen molar-refractivity contribution in [2.24, 2.45) is 0 Å². The highest BCUT2D eigenvalue weighted by Crippen LogP contribution is 2.41. The summed E-state index contributed by atoms with van der Waals surface area (Å²) in [5.41, 5.74) is -1.79. The highest BCUT2D eigenvalue weighted by Gasteiger charge is 2.58. The van der Waals surface area contributed by atoms with Crippen molar-refractivity contribution in [2.45, 2.75) is 29.7 Å². The zero-order valence-corrected chi connectivity index (χ0v) is 23.4. The van der Waals surface area contributed by atoms with Crippen LogP contribution in [0.25, 0.3) is 0 Å². The Morgan fingerprint density at radius 1 is 0.652 bits per heavy atom. The summed E-state index contributed by atoms with van der Waals surface area (Å²) in [6, 6.07) is 3.98. The van der Waals surface area contributed by atoms with Crippen LogP contribution in [-0.4, -0.2) is 110 Å². The highest BCUT2D eigenvalue weighted by molar-refractivity contribution is 6.23. The molecule has 19 heteroatoms. The van der Waals surface area contributed by atoms with Crippen molar-refractivity contribution in [3.63, 3.8) is 0 Å². The first-order valence-electron chi connectivity index (χ1n) is 12.5. The van der Waals surface area contributed by atoms with Crippen molar-refractivity contribution in [1.29, 1.82) is 0 Å². The van der Waals surface area contributed by atoms with Gasteiger partial charge < -0.3 is 75.1 Å². The maximum Gasteiger partial charge on any atom is 0.341 e. The van der Waals surface area contributed by atoms with Crippen LogP contribution in [0.1, 0.15) is 31.1 Å². The number of ether oxygens (including phenoxy) is 4. The Bertz CT molecular complexity index is 1640. The summed E-state index contributed by atoms with van der Waals surface area (Å²) in [5.74, 6) is -12.9. The Morgan fingerprint density at radius 2 is 1.02 bits per heavy atom. The van der Waals surface area contributed by atoms with Gasteiger partial charge in [0.25, 0.3) is 0 Å². The summed E-state index contributed by atoms with van der Waals surface area (Å²) in [6.07, 6.45) is -8.76. The Kier molecular flexibility index (Phi) is 9.02. The average Bonchev–Trinajstić information content (AvgIpc) is 2.99. The first kappa shape index (κ1) is 33.3. The molecule has 3 aromatic rings. The number of carbonyl (C=O) groups excluding carboxylic acids is 3. The summed E-state index contributed by atoms with van der Waals surface area (Å²) in [5, 5.41) is 106. The van der Waals surface area contributed by atoms with Crippen molar-refractivity contribution >= 4 is 29.5 Å². The van der Waals surface area contributed by atoms with Crippen LogP contribution in [0.3, 0.4) is 0 Å². The van der Waals surface area contributed by atoms with Gasteiger partial charge in [-0.1, -0.05) is 0 Å². The number of aromatic hydroxyl groups is 9. The minimum Gasteiger partial charge on any atom is -0.504 e. The van der Waals surface area contributed by atoms with E-state index in [0.29, 0.717) is 36.4 Å². The SMILES string of the molecule is O=C(OC[C@H]1O[C@](Cl)(OC(=O)c2cc(O)c(O)c(O)c2)[C@H](O)[C@@H](OC(=O)c2cc(O)c(O)c(O)c2)[C@@H]1O)c1cc(O)c(O)c(O)c1. The number of benzene rings is 3. The van der Waals surface area contributed by atoms with Gasteiger partial charge in [0.2, 0.25) is 0 Å². The number of phenolic OH excluding ortho intramolecular Hbond substituents is 9. The van der Waals surface area contributed by atoms with Crippen LogP contribution in [0.4, 0.5) is 0 Å². The first-order chi connectivity index (χ1) is 21.4. The van der Waals surface area contributed by atoms with Gasteiger partial charge in [0.05, 0.1) is 16.7 Å². The largest absolute Gasteiger partial charge is 0.504 e. The fourth-order valence-electron chi connectivity index (χ4n) is 4.08. The smallest absolute Gasteiger partial charge is 0.341 e. The predicted molar refractivity (Wildman–Crippen MR) is 145 cm³/mol. The van der Waals surface area contributed by atoms with Gasteiger partial charge in [0.15, 0.2) is 64.0 Å². The molecule has 0 aromatic heterocycles. The maximum absolute atomic E-state index is 12.9. The molecular formula is C27H23ClO18. The van der Waals surface area contributed by atoms with E-state index < -0.39 is 123 Å². The topological polar surface area (TPSA) is 311 Å². The molecule has 0 unspecified atom stereocenters. The van der Waals surface area contributed by atoms with Crippen molar-refractivity contribution in [2.75, 3.05) is 6.61 Å². The van der Waals surface area contributed by atoms with E-state index in [-0.39, 0.29) is 0 Å². The lowest BCUT2D eigenvalue weighted by Gasteiger charge is -2.45. The molecule has 1 heterocycles. The number of hydrogen-bond acceptors (Lipinski definition) is 18. The Balaban J connectivity index is 1.64. The molecule has 0 aliphatic carbocycles. The second-order valence-corrected chi connectivity index (χ2v) is 10.1. The molecule has 4 rings (SSSR count). The molecule has 0 bridgehead atoms. The molecule has 11 N–H and O–H groups in total. The Labute approximate surface area is 260 Å². The van der Waals surface area contributed by atoms with E-state index >= 15 is 0 Å². The van der Waals surface area contributed by atoms with Crippen molar-refractivity contribution in [3.05, 3.63) is 53.1 Å². The number of aliphatic hydroxyl groups excluding tert-OH is 2. The summed E-state index contributed by atoms with van der Waals surface area (Å²) in [4.78, 5) is 38.3. The minimum absolute atomic E-state index is 0.511. The predicted octanol–water partition coefficient (Wildman–Crippen LogP) is 0.290. The number of halogens is 1. The van der Waals surface area contributed by atoms with Crippen LogP contribution < -0.4 is 0 Å². The number of aliphatic hydroxyl groups is 2. The maximum atomic E-state index is 12.9. The molecule has 246 valence electrons. The molecule has 0 amide bonds. The molecule has 1 saturated heterocycles. The minimum atomic E-state index is -3.10. The molecule has 0 radical (unpaired) electrons. The summed E-state index contributed by atoms with van der Waals surface area (Å²) < 4.78 is 20.4. The standard InChI is InChI=1S/C27H23ClO18/c28-27(46-26(42)10-5-15(33)20(37)16(34)6-10)23(39)22(44-25(41)9-3-13(31)19(36)14(32)4-9)21(38)17(45-27)7-43-24(40)8-1-11(29)18(35)12(30)2-8/h1-6,17,21-23,29-39H,7H2/t17-,21-,22+,23-,27+/m1/s1. The zero-order chi connectivity index (χ0) is 34.2. The fourth-order valence-corrected chi connectivity index (χ4v) is 4.38. The van der Waals surface area contributed by atoms with Crippen molar-refractivity contribution in [3.8, 4) is 51.7 Å². The molecule has 5 atom stereocenters. The number of esters is 3. The summed E-state index contributed by atoms with van der Waals surface area (Å²) >= 11 is 6.29. The van der Waals surface area contributed by atoms with Gasteiger partial charge in [-0.25, -0.2) is 14.4 Å². The van der Waals surface area contributed by atoms with Gasteiger partial charge in [0, 0.05) is 0 Å². The molecule has 18 nitrogen and oxygen atoms in total. The lowest BCUT2D eigenvalue weighted by atomic mass is 9.98. The molecule has 1 aliphatic heterocycles. The number of rotatable bonds is 7. The number of hydrogen-bond donors (Lipinski definition) is 11. The number of alkyl halides is 1. The van der Waals surface area contributed by atoms with Crippen molar-refractivity contribution in [1.82, 2.24) is 0 Å². The van der Waals surface area contributed by atoms with Gasteiger partial charge in [-0.2, -0.15) is 0 Å². The first-order valence-corrected chi connectivity index (χ1v) is 12.9. The van der Waals surface area contributed by atoms with Gasteiger partial charge in [-0.3, -0.25) is 0 Å². The number of carbonyl (C=O) groups is 3. The molecule has 1 fully saturated rings. The highest BCUT2D eigenvalue weighted by atomic mass is 35.5. The monoisotopic (exact) mass is 670 g/mol. The Hall–Kier alpha value is -5.56. The van der Waals surface area contributed by atoms with Crippen LogP contribution in [0.2, 0.25) is 0 Å². The van der Waals surface area contributed by atoms with E-state index in [1.54, 1.807) is 0 Å². The van der Waals surface area contributed by atoms with Crippen LogP contribution >= 0.6 is 11.6 Å². The third-order valence-corrected chi connectivity index (χ3v) is 6.85. The van der Waals surface area contributed by atoms with Crippen LogP contribution in [0.5, 0.6) is 51.7 Å². The zero-order valence-electron chi connectivity index (χ0n) is 22.6. The van der Waals surface area contributed by atoms with Crippen LogP contribution in [0.15, 0.2) is 36.4 Å². The molecule has 46 heavy (non-hydrogen) atoms. The second-order valence-electron chi connectivity index (χ2n) is 9.62. The molecule has 0 spiro atoms. The van der Waals surface area contributed by atoms with Crippen LogP contribution in [0, 0.1) is 0 Å². The van der Waals surface area contributed by atoms with E-state index in [1.165, 1.54) is 0 Å². The number of phenols is 9. The van der Waals surface area contributed by atoms with E-state index in [9.17, 15) is 70.6 Å². The van der Waals surface area contributed by atoms with Gasteiger partial charge in [-0.15, -0.1) is 0 Å². The van der Waals surface area contributed by atoms with Gasteiger partial charge in [0.1, 0.15) is 18.8 Å². The molecular weight excluding hydrogens is 648 g/mol.